The smallest absolute Gasteiger partial charge is 0.393 e. The maximum Gasteiger partial charge on any atom is 0.416 e. The van der Waals surface area contributed by atoms with Gasteiger partial charge in [0.2, 0.25) is 0 Å². The monoisotopic (exact) mass is 496 g/mol. The van der Waals surface area contributed by atoms with E-state index in [0.717, 1.165) is 28.8 Å². The van der Waals surface area contributed by atoms with Crippen LogP contribution in [0.15, 0.2) is 54.4 Å². The van der Waals surface area contributed by atoms with Crippen molar-refractivity contribution in [1.82, 2.24) is 15.6 Å². The third kappa shape index (κ3) is 7.97. The zero-order valence-electron chi connectivity index (χ0n) is 19.0. The lowest BCUT2D eigenvalue weighted by molar-refractivity contribution is -0.137. The van der Waals surface area contributed by atoms with Gasteiger partial charge in [0, 0.05) is 19.3 Å². The van der Waals surface area contributed by atoms with Crippen molar-refractivity contribution in [2.24, 2.45) is 17.3 Å². The molecule has 0 aliphatic rings. The quantitative estimate of drug-likeness (QED) is 0.147. The van der Waals surface area contributed by atoms with Crippen molar-refractivity contribution in [3.05, 3.63) is 82.4 Å². The summed E-state index contributed by atoms with van der Waals surface area (Å²) in [5, 5.41) is 5.98. The zero-order chi connectivity index (χ0) is 26.2. The van der Waals surface area contributed by atoms with Gasteiger partial charge in [-0.25, -0.2) is 10.2 Å². The summed E-state index contributed by atoms with van der Waals surface area (Å²) in [6.45, 7) is 1.93. The normalized spacial score (nSPS) is 12.7. The van der Waals surface area contributed by atoms with E-state index in [0.29, 0.717) is 18.2 Å². The number of benzene rings is 2. The summed E-state index contributed by atoms with van der Waals surface area (Å²) >= 11 is 0. The number of halogens is 4. The zero-order valence-corrected chi connectivity index (χ0v) is 19.0. The summed E-state index contributed by atoms with van der Waals surface area (Å²) < 4.78 is 52.2. The fourth-order valence-electron chi connectivity index (χ4n) is 3.08. The Balaban J connectivity index is 1.91. The number of hydrazine groups is 1. The van der Waals surface area contributed by atoms with Crippen molar-refractivity contribution >= 4 is 11.8 Å². The van der Waals surface area contributed by atoms with Gasteiger partial charge < -0.3 is 27.1 Å². The minimum atomic E-state index is -4.72. The number of alkyl halides is 3. The molecule has 2 aromatic rings. The molecule has 8 N–H and O–H groups in total. The molecule has 2 amide bonds. The van der Waals surface area contributed by atoms with Crippen LogP contribution in [0.25, 0.3) is 0 Å². The average molecular weight is 497 g/mol. The number of nitrogens with two attached hydrogens (primary N) is 3. The first-order valence-electron chi connectivity index (χ1n) is 10.7. The first-order chi connectivity index (χ1) is 16.5. The van der Waals surface area contributed by atoms with Crippen LogP contribution in [0.4, 0.5) is 17.6 Å². The minimum absolute atomic E-state index is 0.0703. The average Bonchev–Trinajstić information content (AvgIpc) is 2.81. The number of hydrogen-bond acceptors (Lipinski definition) is 6. The van der Waals surface area contributed by atoms with Gasteiger partial charge in [-0.05, 0) is 35.7 Å². The summed E-state index contributed by atoms with van der Waals surface area (Å²) in [6, 6.07) is 8.66. The molecule has 0 spiro atoms. The summed E-state index contributed by atoms with van der Waals surface area (Å²) in [4.78, 5) is 24.5. The molecule has 0 aliphatic heterocycles. The van der Waals surface area contributed by atoms with Gasteiger partial charge in [-0.15, -0.1) is 0 Å². The van der Waals surface area contributed by atoms with Crippen LogP contribution in [-0.4, -0.2) is 36.5 Å². The lowest BCUT2D eigenvalue weighted by Gasteiger charge is -2.19. The number of rotatable bonds is 10. The van der Waals surface area contributed by atoms with Crippen molar-refractivity contribution in [2.75, 3.05) is 19.6 Å². The molecule has 2 rings (SSSR count). The molecule has 2 aromatic carbocycles. The molecule has 0 heterocycles. The summed E-state index contributed by atoms with van der Waals surface area (Å²) in [5.41, 5.74) is 11.4. The van der Waals surface area contributed by atoms with Crippen LogP contribution < -0.4 is 27.9 Å². The number of nitrogens with one attached hydrogen (secondary N) is 2. The number of nitrogens with zero attached hydrogens (tertiary/aromatic N) is 1. The van der Waals surface area contributed by atoms with Crippen LogP contribution in [0.1, 0.15) is 40.0 Å². The van der Waals surface area contributed by atoms with Crippen LogP contribution in [0.3, 0.4) is 0 Å². The van der Waals surface area contributed by atoms with E-state index in [1.807, 2.05) is 31.2 Å². The molecule has 1 atom stereocenters. The summed E-state index contributed by atoms with van der Waals surface area (Å²) in [6.07, 6.45) is -2.72. The fraction of sp³-hybridized carbons (Fsp3) is 0.304. The second-order valence-corrected chi connectivity index (χ2v) is 7.63. The number of carbonyl (C=O) groups excluding carboxylic acids is 2. The van der Waals surface area contributed by atoms with Crippen molar-refractivity contribution in [1.29, 1.82) is 0 Å². The van der Waals surface area contributed by atoms with E-state index in [-0.39, 0.29) is 25.3 Å². The summed E-state index contributed by atoms with van der Waals surface area (Å²) in [7, 11) is 0. The van der Waals surface area contributed by atoms with Crippen LogP contribution in [0, 0.1) is 5.82 Å². The second-order valence-electron chi connectivity index (χ2n) is 7.63. The molecule has 0 aliphatic carbocycles. The highest BCUT2D eigenvalue weighted by atomic mass is 19.4. The van der Waals surface area contributed by atoms with Gasteiger partial charge in [0.15, 0.2) is 0 Å². The Hall–Kier alpha value is -3.64. The molecule has 0 saturated carbocycles. The Bertz CT molecular complexity index is 1060. The number of amides is 2. The van der Waals surface area contributed by atoms with E-state index in [2.05, 4.69) is 10.6 Å². The lowest BCUT2D eigenvalue weighted by Crippen LogP contribution is -2.39. The van der Waals surface area contributed by atoms with Gasteiger partial charge >= 0.3 is 6.18 Å². The lowest BCUT2D eigenvalue weighted by atomic mass is 10.0. The van der Waals surface area contributed by atoms with Gasteiger partial charge in [0.05, 0.1) is 23.7 Å². The van der Waals surface area contributed by atoms with Gasteiger partial charge in [0.1, 0.15) is 11.5 Å². The van der Waals surface area contributed by atoms with E-state index in [1.165, 1.54) is 0 Å². The van der Waals surface area contributed by atoms with E-state index >= 15 is 0 Å². The first-order valence-corrected chi connectivity index (χ1v) is 10.7. The molecule has 0 aromatic heterocycles. The van der Waals surface area contributed by atoms with Crippen LogP contribution in [0.5, 0.6) is 0 Å². The van der Waals surface area contributed by atoms with Gasteiger partial charge in [-0.1, -0.05) is 31.2 Å². The third-order valence-corrected chi connectivity index (χ3v) is 5.09. The molecule has 190 valence electrons. The Morgan fingerprint density at radius 1 is 1.14 bits per heavy atom. The minimum Gasteiger partial charge on any atom is -0.393 e. The maximum atomic E-state index is 13.8. The second kappa shape index (κ2) is 12.2. The van der Waals surface area contributed by atoms with Crippen LogP contribution in [-0.2, 0) is 17.4 Å². The molecule has 12 heteroatoms. The van der Waals surface area contributed by atoms with Gasteiger partial charge in [-0.3, -0.25) is 9.59 Å². The Morgan fingerprint density at radius 3 is 2.37 bits per heavy atom. The molecular weight excluding hydrogens is 468 g/mol. The molecule has 0 radical (unpaired) electrons. The third-order valence-electron chi connectivity index (χ3n) is 5.09. The molecule has 0 fully saturated rings. The maximum absolute atomic E-state index is 13.8. The van der Waals surface area contributed by atoms with E-state index in [9.17, 15) is 27.2 Å². The van der Waals surface area contributed by atoms with Crippen molar-refractivity contribution < 1.29 is 27.2 Å². The summed E-state index contributed by atoms with van der Waals surface area (Å²) in [5.74, 6) is 2.99. The molecule has 8 nitrogen and oxygen atoms in total. The predicted octanol–water partition coefficient (Wildman–Crippen LogP) is 1.93. The Morgan fingerprint density at radius 2 is 1.80 bits per heavy atom. The number of carbonyl (C=O) groups is 2. The molecule has 0 bridgehead atoms. The van der Waals surface area contributed by atoms with Crippen LogP contribution >= 0.6 is 0 Å². The van der Waals surface area contributed by atoms with Gasteiger partial charge in [-0.2, -0.15) is 13.2 Å². The largest absolute Gasteiger partial charge is 0.416 e. The van der Waals surface area contributed by atoms with E-state index < -0.39 is 41.0 Å². The fourth-order valence-corrected chi connectivity index (χ4v) is 3.08. The van der Waals surface area contributed by atoms with Crippen molar-refractivity contribution in [2.45, 2.75) is 25.6 Å². The first kappa shape index (κ1) is 27.6. The Labute approximate surface area is 200 Å². The topological polar surface area (TPSA) is 140 Å². The highest BCUT2D eigenvalue weighted by Crippen LogP contribution is 2.30. The van der Waals surface area contributed by atoms with Crippen molar-refractivity contribution in [3.8, 4) is 0 Å². The molecular formula is C23H28F4N6O2. The highest BCUT2D eigenvalue weighted by molar-refractivity contribution is 5.94. The highest BCUT2D eigenvalue weighted by Gasteiger charge is 2.31. The van der Waals surface area contributed by atoms with Gasteiger partial charge in [0.25, 0.3) is 11.8 Å². The van der Waals surface area contributed by atoms with E-state index in [1.54, 1.807) is 0 Å². The predicted molar refractivity (Wildman–Crippen MR) is 123 cm³/mol. The molecule has 0 saturated heterocycles. The standard InChI is InChI=1S/C23H28F4N6O2/c1-2-14-3-5-15(6-4-14)20(12-28)32-22(35)19(29)13-33(30)10-9-31-21(34)17-11-16(23(25,26)27)7-8-18(17)24/h3-8,11,13,20H,2,9-10,12,28-30H2,1H3,(H,31,34)(H,32,35)/b19-13-. The Kier molecular flexibility index (Phi) is 9.60. The number of aryl methyl sites for hydroxylation is 1. The van der Waals surface area contributed by atoms with Crippen LogP contribution in [0.2, 0.25) is 0 Å². The molecule has 1 unspecified atom stereocenters. The van der Waals surface area contributed by atoms with E-state index in [4.69, 9.17) is 17.3 Å². The van der Waals surface area contributed by atoms with Crippen molar-refractivity contribution in [3.63, 3.8) is 0 Å². The molecule has 35 heavy (non-hydrogen) atoms. The SMILES string of the molecule is CCc1ccc(C(CN)NC(=O)/C(N)=C/N(N)CCNC(=O)c2cc(C(F)(F)F)ccc2F)cc1. The number of hydrogen-bond donors (Lipinski definition) is 5.